The van der Waals surface area contributed by atoms with Crippen molar-refractivity contribution in [2.24, 2.45) is 17.1 Å². The predicted octanol–water partition coefficient (Wildman–Crippen LogP) is 1.72. The summed E-state index contributed by atoms with van der Waals surface area (Å²) in [4.78, 5) is 4.49. The van der Waals surface area contributed by atoms with Crippen LogP contribution in [0.4, 0.5) is 0 Å². The normalized spacial score (nSPS) is 29.5. The number of rotatable bonds is 2. The minimum absolute atomic E-state index is 0.0330. The summed E-state index contributed by atoms with van der Waals surface area (Å²) < 4.78 is 5.46. The molecule has 3 N–H and O–H groups in total. The van der Waals surface area contributed by atoms with Gasteiger partial charge in [-0.15, -0.1) is 0 Å². The van der Waals surface area contributed by atoms with Gasteiger partial charge >= 0.3 is 0 Å². The molecule has 0 aromatic carbocycles. The number of nitrogens with one attached hydrogen (secondary N) is 1. The van der Waals surface area contributed by atoms with E-state index in [1.54, 1.807) is 6.20 Å². The number of aromatic nitrogens is 5. The first-order chi connectivity index (χ1) is 9.50. The Morgan fingerprint density at radius 3 is 2.90 bits per heavy atom. The summed E-state index contributed by atoms with van der Waals surface area (Å²) in [5, 5.41) is 14.3. The minimum Gasteiger partial charge on any atom is -0.339 e. The minimum atomic E-state index is 0.0330. The number of aromatic amines is 1. The SMILES string of the molecule is CC1C(N)CCC(c2nc(-c3cn[nH]n3)no2)C1(C)C. The molecule has 20 heavy (non-hydrogen) atoms. The van der Waals surface area contributed by atoms with Crippen molar-refractivity contribution in [2.75, 3.05) is 0 Å². The largest absolute Gasteiger partial charge is 0.339 e. The summed E-state index contributed by atoms with van der Waals surface area (Å²) in [5.74, 6) is 1.79. The monoisotopic (exact) mass is 276 g/mol. The molecule has 1 saturated carbocycles. The molecular weight excluding hydrogens is 256 g/mol. The number of H-pyrrole nitrogens is 1. The molecular formula is C13H20N6O. The van der Waals surface area contributed by atoms with Crippen LogP contribution in [-0.2, 0) is 0 Å². The first-order valence-electron chi connectivity index (χ1n) is 6.95. The second-order valence-electron chi connectivity index (χ2n) is 6.22. The summed E-state index contributed by atoms with van der Waals surface area (Å²) in [7, 11) is 0. The van der Waals surface area contributed by atoms with Crippen molar-refractivity contribution in [1.29, 1.82) is 0 Å². The van der Waals surface area contributed by atoms with E-state index in [0.29, 0.717) is 23.3 Å². The number of hydrogen-bond donors (Lipinski definition) is 2. The second-order valence-corrected chi connectivity index (χ2v) is 6.22. The van der Waals surface area contributed by atoms with Gasteiger partial charge in [0.25, 0.3) is 0 Å². The van der Waals surface area contributed by atoms with Gasteiger partial charge in [0, 0.05) is 12.0 Å². The van der Waals surface area contributed by atoms with Gasteiger partial charge in [-0.05, 0) is 24.2 Å². The number of nitrogens with two attached hydrogens (primary N) is 1. The standard InChI is InChI=1S/C13H20N6O/c1-7-9(14)5-4-8(13(7,2)3)12-16-11(18-20-12)10-6-15-19-17-10/h6-9H,4-5,14H2,1-3H3,(H,15,17,19). The lowest BCUT2D eigenvalue weighted by Gasteiger charge is -2.45. The summed E-state index contributed by atoms with van der Waals surface area (Å²) in [6, 6.07) is 0.235. The van der Waals surface area contributed by atoms with Crippen molar-refractivity contribution < 1.29 is 4.52 Å². The molecule has 0 spiro atoms. The van der Waals surface area contributed by atoms with E-state index in [1.165, 1.54) is 0 Å². The average molecular weight is 276 g/mol. The highest BCUT2D eigenvalue weighted by Gasteiger charge is 2.44. The van der Waals surface area contributed by atoms with E-state index in [4.69, 9.17) is 10.3 Å². The first-order valence-corrected chi connectivity index (χ1v) is 6.95. The van der Waals surface area contributed by atoms with Crippen LogP contribution in [0, 0.1) is 11.3 Å². The molecule has 7 nitrogen and oxygen atoms in total. The van der Waals surface area contributed by atoms with E-state index in [2.05, 4.69) is 46.3 Å². The van der Waals surface area contributed by atoms with Crippen molar-refractivity contribution in [3.05, 3.63) is 12.1 Å². The van der Waals surface area contributed by atoms with Crippen LogP contribution in [-0.4, -0.2) is 31.6 Å². The van der Waals surface area contributed by atoms with E-state index in [-0.39, 0.29) is 17.4 Å². The highest BCUT2D eigenvalue weighted by atomic mass is 16.5. The van der Waals surface area contributed by atoms with Gasteiger partial charge in [-0.2, -0.15) is 20.4 Å². The van der Waals surface area contributed by atoms with Gasteiger partial charge in [0.2, 0.25) is 11.7 Å². The molecule has 0 radical (unpaired) electrons. The lowest BCUT2D eigenvalue weighted by Crippen LogP contribution is -2.45. The Kier molecular flexibility index (Phi) is 3.08. The summed E-state index contributed by atoms with van der Waals surface area (Å²) >= 11 is 0. The topological polar surface area (TPSA) is 107 Å². The molecule has 3 unspecified atom stereocenters. The van der Waals surface area contributed by atoms with Gasteiger partial charge in [-0.3, -0.25) is 0 Å². The predicted molar refractivity (Wildman–Crippen MR) is 72.6 cm³/mol. The maximum Gasteiger partial charge on any atom is 0.230 e. The molecule has 0 aliphatic heterocycles. The first kappa shape index (κ1) is 13.2. The third-order valence-electron chi connectivity index (χ3n) is 4.89. The molecule has 2 aromatic heterocycles. The Labute approximate surface area is 117 Å². The lowest BCUT2D eigenvalue weighted by atomic mass is 9.61. The van der Waals surface area contributed by atoms with Crippen molar-refractivity contribution in [3.63, 3.8) is 0 Å². The fraction of sp³-hybridized carbons (Fsp3) is 0.692. The smallest absolute Gasteiger partial charge is 0.230 e. The van der Waals surface area contributed by atoms with Crippen molar-refractivity contribution in [1.82, 2.24) is 25.6 Å². The lowest BCUT2D eigenvalue weighted by molar-refractivity contribution is 0.0806. The van der Waals surface area contributed by atoms with Crippen LogP contribution in [0.15, 0.2) is 10.7 Å². The van der Waals surface area contributed by atoms with E-state index < -0.39 is 0 Å². The van der Waals surface area contributed by atoms with Crippen LogP contribution in [0.25, 0.3) is 11.5 Å². The van der Waals surface area contributed by atoms with Gasteiger partial charge in [-0.25, -0.2) is 0 Å². The van der Waals surface area contributed by atoms with Crippen molar-refractivity contribution >= 4 is 0 Å². The summed E-state index contributed by atoms with van der Waals surface area (Å²) in [6.07, 6.45) is 3.54. The van der Waals surface area contributed by atoms with Gasteiger partial charge < -0.3 is 10.3 Å². The fourth-order valence-corrected chi connectivity index (χ4v) is 3.08. The Balaban J connectivity index is 1.89. The van der Waals surface area contributed by atoms with Crippen molar-refractivity contribution in [2.45, 2.75) is 45.6 Å². The number of nitrogens with zero attached hydrogens (tertiary/aromatic N) is 4. The zero-order valence-electron chi connectivity index (χ0n) is 12.0. The molecule has 1 fully saturated rings. The molecule has 2 heterocycles. The van der Waals surface area contributed by atoms with Crippen molar-refractivity contribution in [3.8, 4) is 11.5 Å². The van der Waals surface area contributed by atoms with Crippen LogP contribution in [0.2, 0.25) is 0 Å². The third-order valence-corrected chi connectivity index (χ3v) is 4.89. The Morgan fingerprint density at radius 2 is 2.20 bits per heavy atom. The molecule has 0 amide bonds. The van der Waals surface area contributed by atoms with Gasteiger partial charge in [0.1, 0.15) is 0 Å². The fourth-order valence-electron chi connectivity index (χ4n) is 3.08. The Bertz CT molecular complexity index is 575. The Hall–Kier alpha value is -1.76. The van der Waals surface area contributed by atoms with Gasteiger partial charge in [-0.1, -0.05) is 25.9 Å². The molecule has 3 rings (SSSR count). The summed E-state index contributed by atoms with van der Waals surface area (Å²) in [6.45, 7) is 6.65. The maximum atomic E-state index is 6.19. The molecule has 3 atom stereocenters. The molecule has 1 aliphatic rings. The van der Waals surface area contributed by atoms with E-state index in [9.17, 15) is 0 Å². The molecule has 108 valence electrons. The van der Waals surface area contributed by atoms with E-state index in [1.807, 2.05) is 0 Å². The highest BCUT2D eigenvalue weighted by Crippen LogP contribution is 2.49. The molecule has 0 bridgehead atoms. The number of hydrogen-bond acceptors (Lipinski definition) is 6. The van der Waals surface area contributed by atoms with E-state index in [0.717, 1.165) is 12.8 Å². The quantitative estimate of drug-likeness (QED) is 0.865. The average Bonchev–Trinajstić information content (AvgIpc) is 3.06. The maximum absolute atomic E-state index is 6.19. The Morgan fingerprint density at radius 1 is 1.40 bits per heavy atom. The molecule has 2 aromatic rings. The van der Waals surface area contributed by atoms with Crippen LogP contribution >= 0.6 is 0 Å². The zero-order chi connectivity index (χ0) is 14.3. The van der Waals surface area contributed by atoms with Gasteiger partial charge in [0.05, 0.1) is 6.20 Å². The van der Waals surface area contributed by atoms with Crippen LogP contribution in [0.3, 0.4) is 0 Å². The third kappa shape index (κ3) is 2.02. The van der Waals surface area contributed by atoms with Crippen LogP contribution in [0.5, 0.6) is 0 Å². The van der Waals surface area contributed by atoms with E-state index >= 15 is 0 Å². The molecule has 7 heteroatoms. The molecule has 0 saturated heterocycles. The second kappa shape index (κ2) is 4.66. The summed E-state index contributed by atoms with van der Waals surface area (Å²) in [5.41, 5.74) is 6.82. The van der Waals surface area contributed by atoms with Crippen LogP contribution < -0.4 is 5.73 Å². The van der Waals surface area contributed by atoms with Gasteiger partial charge in [0.15, 0.2) is 5.69 Å². The van der Waals surface area contributed by atoms with Crippen LogP contribution in [0.1, 0.15) is 45.4 Å². The zero-order valence-corrected chi connectivity index (χ0v) is 12.0. The molecule has 1 aliphatic carbocycles. The highest BCUT2D eigenvalue weighted by molar-refractivity contribution is 5.45.